The van der Waals surface area contributed by atoms with Crippen LogP contribution in [0.15, 0.2) is 46.0 Å². The van der Waals surface area contributed by atoms with Gasteiger partial charge in [-0.05, 0) is 39.7 Å². The van der Waals surface area contributed by atoms with Gasteiger partial charge < -0.3 is 9.47 Å². The molecule has 0 aliphatic heterocycles. The quantitative estimate of drug-likeness (QED) is 0.618. The molecule has 0 spiro atoms. The molecule has 1 aromatic heterocycles. The zero-order valence-electron chi connectivity index (χ0n) is 13.8. The molecule has 0 amide bonds. The van der Waals surface area contributed by atoms with Crippen molar-refractivity contribution in [1.82, 2.24) is 9.29 Å². The van der Waals surface area contributed by atoms with Crippen LogP contribution in [0.3, 0.4) is 0 Å². The summed E-state index contributed by atoms with van der Waals surface area (Å²) in [5.74, 6) is 0.206. The summed E-state index contributed by atoms with van der Waals surface area (Å²) in [6.07, 6.45) is 3.26. The minimum Gasteiger partial charge on any atom is -0.494 e. The van der Waals surface area contributed by atoms with Gasteiger partial charge in [0.2, 0.25) is 10.0 Å². The summed E-state index contributed by atoms with van der Waals surface area (Å²) in [5.41, 5.74) is 0.766. The van der Waals surface area contributed by atoms with E-state index in [1.165, 1.54) is 24.6 Å². The average Bonchev–Trinajstić information content (AvgIpc) is 2.58. The molecule has 0 saturated heterocycles. The maximum atomic E-state index is 13.2. The molecule has 0 fully saturated rings. The smallest absolute Gasteiger partial charge is 0.247 e. The van der Waals surface area contributed by atoms with Crippen LogP contribution in [0.25, 0.3) is 0 Å². The number of aromatic nitrogens is 1. The van der Waals surface area contributed by atoms with Crippen LogP contribution < -0.4 is 4.74 Å². The third kappa shape index (κ3) is 4.92. The number of hydrogen-bond acceptors (Lipinski definition) is 5. The van der Waals surface area contributed by atoms with Crippen molar-refractivity contribution in [3.05, 3.63) is 51.7 Å². The molecule has 2 rings (SSSR count). The number of rotatable bonds is 8. The second-order valence-corrected chi connectivity index (χ2v) is 8.31. The molecule has 0 atom stereocenters. The second kappa shape index (κ2) is 8.95. The summed E-state index contributed by atoms with van der Waals surface area (Å²) in [5, 5.41) is 0.291. The minimum atomic E-state index is -3.87. The molecule has 0 aliphatic carbocycles. The van der Waals surface area contributed by atoms with E-state index in [1.54, 1.807) is 24.5 Å². The summed E-state index contributed by atoms with van der Waals surface area (Å²) in [4.78, 5) is 4.02. The van der Waals surface area contributed by atoms with E-state index in [9.17, 15) is 8.42 Å². The van der Waals surface area contributed by atoms with Crippen molar-refractivity contribution in [2.45, 2.75) is 11.4 Å². The Morgan fingerprint density at radius 3 is 2.68 bits per heavy atom. The number of methoxy groups -OCH3 is 2. The maximum absolute atomic E-state index is 13.2. The summed E-state index contributed by atoms with van der Waals surface area (Å²) >= 11 is 9.34. The third-order valence-electron chi connectivity index (χ3n) is 3.42. The van der Waals surface area contributed by atoms with Gasteiger partial charge in [-0.1, -0.05) is 17.7 Å². The average molecular weight is 450 g/mol. The van der Waals surface area contributed by atoms with Crippen LogP contribution >= 0.6 is 27.5 Å². The van der Waals surface area contributed by atoms with E-state index in [0.717, 1.165) is 5.56 Å². The van der Waals surface area contributed by atoms with E-state index in [2.05, 4.69) is 20.9 Å². The van der Waals surface area contributed by atoms with Crippen molar-refractivity contribution in [3.8, 4) is 5.75 Å². The molecule has 0 aliphatic rings. The first-order valence-electron chi connectivity index (χ1n) is 7.31. The van der Waals surface area contributed by atoms with Crippen molar-refractivity contribution in [2.75, 3.05) is 27.4 Å². The largest absolute Gasteiger partial charge is 0.494 e. The van der Waals surface area contributed by atoms with E-state index < -0.39 is 10.0 Å². The highest BCUT2D eigenvalue weighted by molar-refractivity contribution is 9.10. The van der Waals surface area contributed by atoms with Crippen molar-refractivity contribution in [3.63, 3.8) is 0 Å². The number of hydrogen-bond donors (Lipinski definition) is 0. The summed E-state index contributed by atoms with van der Waals surface area (Å²) in [6, 6.07) is 6.53. The van der Waals surface area contributed by atoms with Gasteiger partial charge in [0.1, 0.15) is 4.90 Å². The summed E-state index contributed by atoms with van der Waals surface area (Å²) in [7, 11) is -0.944. The lowest BCUT2D eigenvalue weighted by Gasteiger charge is -2.23. The normalized spacial score (nSPS) is 11.7. The van der Waals surface area contributed by atoms with Gasteiger partial charge >= 0.3 is 0 Å². The second-order valence-electron chi connectivity index (χ2n) is 5.11. The van der Waals surface area contributed by atoms with Crippen molar-refractivity contribution in [2.24, 2.45) is 0 Å². The molecular weight excluding hydrogens is 432 g/mol. The molecule has 9 heteroatoms. The first-order chi connectivity index (χ1) is 11.9. The van der Waals surface area contributed by atoms with Crippen LogP contribution in [0.1, 0.15) is 5.56 Å². The molecule has 2 aromatic rings. The zero-order chi connectivity index (χ0) is 18.4. The predicted octanol–water partition coefficient (Wildman–Crippen LogP) is 3.34. The van der Waals surface area contributed by atoms with Gasteiger partial charge in [-0.25, -0.2) is 8.42 Å². The Morgan fingerprint density at radius 1 is 1.32 bits per heavy atom. The molecule has 0 unspecified atom stereocenters. The lowest BCUT2D eigenvalue weighted by molar-refractivity contribution is 0.177. The van der Waals surface area contributed by atoms with Crippen LogP contribution in [0.4, 0.5) is 0 Å². The fourth-order valence-electron chi connectivity index (χ4n) is 2.24. The molecule has 1 heterocycles. The van der Waals surface area contributed by atoms with Gasteiger partial charge in [0.25, 0.3) is 0 Å². The van der Waals surface area contributed by atoms with Gasteiger partial charge in [0.05, 0.1) is 18.2 Å². The predicted molar refractivity (Wildman–Crippen MR) is 99.4 cm³/mol. The summed E-state index contributed by atoms with van der Waals surface area (Å²) < 4.78 is 38.5. The molecule has 1 aromatic carbocycles. The molecule has 0 radical (unpaired) electrons. The standard InChI is InChI=1S/C16H18BrClN2O4S/c1-23-7-6-20(11-12-4-3-5-19-10-12)25(21,22)15-9-13(18)8-14(17)16(15)24-2/h3-5,8-10H,6-7,11H2,1-2H3. The Labute approximate surface area is 160 Å². The van der Waals surface area contributed by atoms with Crippen molar-refractivity contribution < 1.29 is 17.9 Å². The van der Waals surface area contributed by atoms with Gasteiger partial charge in [-0.3, -0.25) is 4.98 Å². The molecule has 6 nitrogen and oxygen atoms in total. The van der Waals surface area contributed by atoms with Crippen molar-refractivity contribution in [1.29, 1.82) is 0 Å². The molecule has 136 valence electrons. The van der Waals surface area contributed by atoms with Gasteiger partial charge in [0, 0.05) is 37.6 Å². The fraction of sp³-hybridized carbons (Fsp3) is 0.312. The Kier molecular flexibility index (Phi) is 7.21. The number of sulfonamides is 1. The molecule has 0 saturated carbocycles. The van der Waals surface area contributed by atoms with Crippen LogP contribution in [0.2, 0.25) is 5.02 Å². The molecular formula is C16H18BrClN2O4S. The molecule has 25 heavy (non-hydrogen) atoms. The number of halogens is 2. The number of benzene rings is 1. The first kappa shape index (κ1) is 20.1. The van der Waals surface area contributed by atoms with Crippen LogP contribution in [-0.4, -0.2) is 45.1 Å². The first-order valence-corrected chi connectivity index (χ1v) is 9.92. The fourth-order valence-corrected chi connectivity index (χ4v) is 5.02. The van der Waals surface area contributed by atoms with E-state index in [4.69, 9.17) is 21.1 Å². The SMILES string of the molecule is COCCN(Cc1cccnc1)S(=O)(=O)c1cc(Cl)cc(Br)c1OC. The van der Waals surface area contributed by atoms with Gasteiger partial charge in [-0.15, -0.1) is 0 Å². The Bertz CT molecular complexity index is 818. The Balaban J connectivity index is 2.48. The third-order valence-corrected chi connectivity index (χ3v) is 6.08. The lowest BCUT2D eigenvalue weighted by Crippen LogP contribution is -2.33. The zero-order valence-corrected chi connectivity index (χ0v) is 16.9. The minimum absolute atomic E-state index is 0.00521. The number of ether oxygens (including phenoxy) is 2. The Morgan fingerprint density at radius 2 is 2.08 bits per heavy atom. The van der Waals surface area contributed by atoms with Gasteiger partial charge in [-0.2, -0.15) is 4.31 Å². The number of pyridine rings is 1. The van der Waals surface area contributed by atoms with Gasteiger partial charge in [0.15, 0.2) is 5.75 Å². The van der Waals surface area contributed by atoms with E-state index >= 15 is 0 Å². The molecule has 0 bridgehead atoms. The van der Waals surface area contributed by atoms with Crippen LogP contribution in [0, 0.1) is 0 Å². The Hall–Kier alpha value is -1.19. The van der Waals surface area contributed by atoms with E-state index in [0.29, 0.717) is 9.50 Å². The van der Waals surface area contributed by atoms with E-state index in [-0.39, 0.29) is 30.3 Å². The van der Waals surface area contributed by atoms with E-state index in [1.807, 2.05) is 6.07 Å². The monoisotopic (exact) mass is 448 g/mol. The highest BCUT2D eigenvalue weighted by Crippen LogP contribution is 2.37. The molecule has 0 N–H and O–H groups in total. The van der Waals surface area contributed by atoms with Crippen LogP contribution in [0.5, 0.6) is 5.75 Å². The highest BCUT2D eigenvalue weighted by atomic mass is 79.9. The summed E-state index contributed by atoms with van der Waals surface area (Å²) in [6.45, 7) is 0.595. The number of nitrogens with zero attached hydrogens (tertiary/aromatic N) is 2. The maximum Gasteiger partial charge on any atom is 0.247 e. The topological polar surface area (TPSA) is 68.7 Å². The highest BCUT2D eigenvalue weighted by Gasteiger charge is 2.29. The van der Waals surface area contributed by atoms with Crippen LogP contribution in [-0.2, 0) is 21.3 Å². The lowest BCUT2D eigenvalue weighted by atomic mass is 10.3. The van der Waals surface area contributed by atoms with Crippen molar-refractivity contribution >= 4 is 37.6 Å².